The monoisotopic (exact) mass is 354 g/mol. The van der Waals surface area contributed by atoms with Crippen molar-refractivity contribution < 1.29 is 23.4 Å². The van der Waals surface area contributed by atoms with E-state index in [1.165, 1.54) is 6.07 Å². The van der Waals surface area contributed by atoms with E-state index >= 15 is 0 Å². The third-order valence-electron chi connectivity index (χ3n) is 5.24. The first-order valence-corrected chi connectivity index (χ1v) is 8.81. The Bertz CT molecular complexity index is 628. The summed E-state index contributed by atoms with van der Waals surface area (Å²) in [5, 5.41) is 13.4. The zero-order chi connectivity index (χ0) is 17.9. The molecule has 2 atom stereocenters. The first-order chi connectivity index (χ1) is 12.0. The molecular formula is C18H24F2N2O3. The van der Waals surface area contributed by atoms with Gasteiger partial charge in [-0.15, -0.1) is 0 Å². The number of piperidine rings is 1. The number of hydrogen-bond acceptors (Lipinski definition) is 3. The highest BCUT2D eigenvalue weighted by Crippen LogP contribution is 2.39. The minimum Gasteiger partial charge on any atom is -0.489 e. The van der Waals surface area contributed by atoms with Crippen LogP contribution in [0, 0.1) is 17.6 Å². The molecule has 3 rings (SSSR count). The molecule has 0 spiro atoms. The minimum atomic E-state index is -0.765. The number of fused-ring (bicyclic) bond motifs is 1. The van der Waals surface area contributed by atoms with Gasteiger partial charge in [-0.25, -0.2) is 13.6 Å². The van der Waals surface area contributed by atoms with Gasteiger partial charge in [-0.3, -0.25) is 0 Å². The van der Waals surface area contributed by atoms with Gasteiger partial charge in [0, 0.05) is 25.1 Å². The summed E-state index contributed by atoms with van der Waals surface area (Å²) in [6.45, 7) is 1.42. The number of halogens is 2. The number of amides is 2. The fourth-order valence-corrected chi connectivity index (χ4v) is 3.78. The Labute approximate surface area is 146 Å². The van der Waals surface area contributed by atoms with Crippen molar-refractivity contribution in [1.82, 2.24) is 10.2 Å². The van der Waals surface area contributed by atoms with E-state index in [0.29, 0.717) is 19.5 Å². The molecule has 25 heavy (non-hydrogen) atoms. The zero-order valence-electron chi connectivity index (χ0n) is 14.1. The molecule has 2 fully saturated rings. The second-order valence-electron chi connectivity index (χ2n) is 6.90. The molecule has 1 saturated heterocycles. The summed E-state index contributed by atoms with van der Waals surface area (Å²) in [6, 6.07) is 2.90. The molecule has 7 heteroatoms. The van der Waals surface area contributed by atoms with Gasteiger partial charge in [0.05, 0.1) is 12.1 Å². The molecule has 2 aliphatic rings. The topological polar surface area (TPSA) is 61.8 Å². The molecule has 2 amide bonds. The number of hydrogen-bond donors (Lipinski definition) is 2. The minimum absolute atomic E-state index is 0.0408. The number of nitrogens with zero attached hydrogens (tertiary/aromatic N) is 1. The van der Waals surface area contributed by atoms with Crippen LogP contribution in [0.4, 0.5) is 13.6 Å². The molecule has 1 aromatic rings. The van der Waals surface area contributed by atoms with E-state index in [4.69, 9.17) is 4.74 Å². The molecule has 0 bridgehead atoms. The lowest BCUT2D eigenvalue weighted by Crippen LogP contribution is -2.56. The summed E-state index contributed by atoms with van der Waals surface area (Å²) >= 11 is 0. The number of carbonyl (C=O) groups is 1. The maximum absolute atomic E-state index is 13.4. The molecule has 1 aliphatic carbocycles. The van der Waals surface area contributed by atoms with Crippen molar-refractivity contribution in [2.45, 2.75) is 37.7 Å². The maximum Gasteiger partial charge on any atom is 0.317 e. The standard InChI is InChI=1S/C18H24F2N2O3/c19-14-4-5-16(15(20)11-14)25-10-8-21-17(23)22-9-7-18(24)6-2-1-3-13(18)12-22/h4-5,11,13,24H,1-3,6-10,12H2,(H,21,23). The van der Waals surface area contributed by atoms with Crippen molar-refractivity contribution in [3.63, 3.8) is 0 Å². The van der Waals surface area contributed by atoms with Gasteiger partial charge < -0.3 is 20.1 Å². The van der Waals surface area contributed by atoms with Crippen LogP contribution in [0.2, 0.25) is 0 Å². The molecule has 1 saturated carbocycles. The van der Waals surface area contributed by atoms with E-state index in [1.54, 1.807) is 4.90 Å². The Morgan fingerprint density at radius 1 is 1.36 bits per heavy atom. The predicted octanol–water partition coefficient (Wildman–Crippen LogP) is 2.68. The lowest BCUT2D eigenvalue weighted by atomic mass is 9.71. The number of urea groups is 1. The third kappa shape index (κ3) is 4.21. The largest absolute Gasteiger partial charge is 0.489 e. The number of likely N-dealkylation sites (tertiary alicyclic amines) is 1. The second-order valence-corrected chi connectivity index (χ2v) is 6.90. The van der Waals surface area contributed by atoms with Gasteiger partial charge in [-0.2, -0.15) is 0 Å². The van der Waals surface area contributed by atoms with Gasteiger partial charge in [-0.05, 0) is 31.4 Å². The molecule has 0 aromatic heterocycles. The number of carbonyl (C=O) groups excluding carboxylic acids is 1. The van der Waals surface area contributed by atoms with Crippen LogP contribution in [0.3, 0.4) is 0 Å². The molecular weight excluding hydrogens is 330 g/mol. The SMILES string of the molecule is O=C(NCCOc1ccc(F)cc1F)N1CCC2(O)CCCCC2C1. The third-order valence-corrected chi connectivity index (χ3v) is 5.24. The number of ether oxygens (including phenoxy) is 1. The first kappa shape index (κ1) is 17.9. The Morgan fingerprint density at radius 3 is 3.00 bits per heavy atom. The van der Waals surface area contributed by atoms with E-state index in [9.17, 15) is 18.7 Å². The van der Waals surface area contributed by atoms with Gasteiger partial charge in [0.15, 0.2) is 11.6 Å². The van der Waals surface area contributed by atoms with Crippen LogP contribution < -0.4 is 10.1 Å². The molecule has 2 unspecified atom stereocenters. The van der Waals surface area contributed by atoms with Crippen LogP contribution in [0.15, 0.2) is 18.2 Å². The molecule has 1 aliphatic heterocycles. The number of rotatable bonds is 4. The second kappa shape index (κ2) is 7.56. The van der Waals surface area contributed by atoms with Gasteiger partial charge in [0.2, 0.25) is 0 Å². The normalized spacial score (nSPS) is 26.0. The van der Waals surface area contributed by atoms with Crippen LogP contribution in [0.1, 0.15) is 32.1 Å². The van der Waals surface area contributed by atoms with Gasteiger partial charge in [-0.1, -0.05) is 12.8 Å². The van der Waals surface area contributed by atoms with Crippen molar-refractivity contribution in [3.8, 4) is 5.75 Å². The molecule has 0 radical (unpaired) electrons. The highest BCUT2D eigenvalue weighted by atomic mass is 19.1. The van der Waals surface area contributed by atoms with Crippen LogP contribution >= 0.6 is 0 Å². The van der Waals surface area contributed by atoms with Crippen molar-refractivity contribution >= 4 is 6.03 Å². The van der Waals surface area contributed by atoms with Gasteiger partial charge in [0.25, 0.3) is 0 Å². The van der Waals surface area contributed by atoms with Crippen molar-refractivity contribution in [1.29, 1.82) is 0 Å². The molecule has 1 heterocycles. The van der Waals surface area contributed by atoms with E-state index < -0.39 is 17.2 Å². The first-order valence-electron chi connectivity index (χ1n) is 8.81. The Hall–Kier alpha value is -1.89. The summed E-state index contributed by atoms with van der Waals surface area (Å²) in [4.78, 5) is 14.0. The molecule has 5 nitrogen and oxygen atoms in total. The van der Waals surface area contributed by atoms with Crippen LogP contribution in [0.25, 0.3) is 0 Å². The van der Waals surface area contributed by atoms with E-state index in [0.717, 1.165) is 37.8 Å². The fraction of sp³-hybridized carbons (Fsp3) is 0.611. The average molecular weight is 354 g/mol. The fourth-order valence-electron chi connectivity index (χ4n) is 3.78. The Balaban J connectivity index is 1.42. The van der Waals surface area contributed by atoms with Crippen LogP contribution in [-0.2, 0) is 0 Å². The smallest absolute Gasteiger partial charge is 0.317 e. The Morgan fingerprint density at radius 2 is 2.20 bits per heavy atom. The van der Waals surface area contributed by atoms with Crippen molar-refractivity contribution in [2.75, 3.05) is 26.2 Å². The van der Waals surface area contributed by atoms with Crippen molar-refractivity contribution in [2.24, 2.45) is 5.92 Å². The lowest BCUT2D eigenvalue weighted by molar-refractivity contribution is -0.0870. The summed E-state index contributed by atoms with van der Waals surface area (Å²) in [7, 11) is 0. The summed E-state index contributed by atoms with van der Waals surface area (Å²) in [5.41, 5.74) is -0.613. The number of nitrogens with one attached hydrogen (secondary N) is 1. The molecule has 1 aromatic carbocycles. The highest BCUT2D eigenvalue weighted by Gasteiger charge is 2.43. The summed E-state index contributed by atoms with van der Waals surface area (Å²) < 4.78 is 31.5. The zero-order valence-corrected chi connectivity index (χ0v) is 14.1. The summed E-state index contributed by atoms with van der Waals surface area (Å²) in [5.74, 6) is -1.32. The lowest BCUT2D eigenvalue weighted by Gasteiger charge is -2.47. The number of aliphatic hydroxyl groups is 1. The average Bonchev–Trinajstić information content (AvgIpc) is 2.59. The highest BCUT2D eigenvalue weighted by molar-refractivity contribution is 5.74. The molecule has 138 valence electrons. The quantitative estimate of drug-likeness (QED) is 0.818. The molecule has 2 N–H and O–H groups in total. The van der Waals surface area contributed by atoms with E-state index in [-0.39, 0.29) is 30.9 Å². The van der Waals surface area contributed by atoms with Gasteiger partial charge >= 0.3 is 6.03 Å². The van der Waals surface area contributed by atoms with E-state index in [1.807, 2.05) is 0 Å². The van der Waals surface area contributed by atoms with E-state index in [2.05, 4.69) is 5.32 Å². The predicted molar refractivity (Wildman–Crippen MR) is 88.3 cm³/mol. The number of benzene rings is 1. The van der Waals surface area contributed by atoms with Crippen LogP contribution in [0.5, 0.6) is 5.75 Å². The Kier molecular flexibility index (Phi) is 5.42. The van der Waals surface area contributed by atoms with Gasteiger partial charge in [0.1, 0.15) is 12.4 Å². The van der Waals surface area contributed by atoms with Crippen LogP contribution in [-0.4, -0.2) is 47.9 Å². The van der Waals surface area contributed by atoms with Crippen molar-refractivity contribution in [3.05, 3.63) is 29.8 Å². The maximum atomic E-state index is 13.4. The summed E-state index contributed by atoms with van der Waals surface area (Å²) in [6.07, 6.45) is 4.54.